The molecular weight excluding hydrogens is 463 g/mol. The summed E-state index contributed by atoms with van der Waals surface area (Å²) in [4.78, 5) is 27.2. The zero-order valence-electron chi connectivity index (χ0n) is 15.4. The highest BCUT2D eigenvalue weighted by molar-refractivity contribution is 7.89. The Hall–Kier alpha value is -3.14. The molecular formula is C18H13ClF3N3O5S. The van der Waals surface area contributed by atoms with Crippen molar-refractivity contribution in [3.05, 3.63) is 52.7 Å². The van der Waals surface area contributed by atoms with Gasteiger partial charge in [0.25, 0.3) is 5.91 Å². The van der Waals surface area contributed by atoms with Gasteiger partial charge in [-0.25, -0.2) is 18.2 Å². The Balaban J connectivity index is 2.01. The predicted molar refractivity (Wildman–Crippen MR) is 104 cm³/mol. The summed E-state index contributed by atoms with van der Waals surface area (Å²) in [5, 5.41) is 1.64. The number of carbonyl (C=O) groups excluding carboxylic acids is 2. The molecule has 1 heterocycles. The number of nitrogens with one attached hydrogen (secondary N) is 2. The van der Waals surface area contributed by atoms with Gasteiger partial charge in [0.1, 0.15) is 0 Å². The van der Waals surface area contributed by atoms with Gasteiger partial charge in [-0.1, -0.05) is 23.6 Å². The van der Waals surface area contributed by atoms with Gasteiger partial charge in [0.15, 0.2) is 12.4 Å². The lowest BCUT2D eigenvalue weighted by Crippen LogP contribution is -2.24. The van der Waals surface area contributed by atoms with Crippen molar-refractivity contribution in [3.8, 4) is 12.3 Å². The van der Waals surface area contributed by atoms with Crippen LogP contribution in [-0.4, -0.2) is 38.4 Å². The van der Waals surface area contributed by atoms with Crippen molar-refractivity contribution in [2.75, 3.05) is 18.5 Å². The van der Waals surface area contributed by atoms with Crippen molar-refractivity contribution in [1.29, 1.82) is 0 Å². The van der Waals surface area contributed by atoms with Crippen LogP contribution >= 0.6 is 11.6 Å². The number of hydrogen-bond acceptors (Lipinski definition) is 6. The monoisotopic (exact) mass is 475 g/mol. The van der Waals surface area contributed by atoms with E-state index in [1.54, 1.807) is 0 Å². The number of nitrogens with zero attached hydrogens (tertiary/aromatic N) is 1. The van der Waals surface area contributed by atoms with Crippen molar-refractivity contribution >= 4 is 39.3 Å². The number of halogens is 4. The second kappa shape index (κ2) is 9.78. The van der Waals surface area contributed by atoms with Crippen LogP contribution < -0.4 is 10.0 Å². The first-order valence-corrected chi connectivity index (χ1v) is 10.0. The lowest BCUT2D eigenvalue weighted by Gasteiger charge is -2.10. The maximum atomic E-state index is 12.6. The fraction of sp³-hybridized carbons (Fsp3) is 0.167. The molecule has 0 aliphatic rings. The molecule has 2 N–H and O–H groups in total. The summed E-state index contributed by atoms with van der Waals surface area (Å²) in [6.45, 7) is -1.08. The van der Waals surface area contributed by atoms with Crippen molar-refractivity contribution in [1.82, 2.24) is 9.71 Å². The summed E-state index contributed by atoms with van der Waals surface area (Å²) in [7, 11) is -3.95. The van der Waals surface area contributed by atoms with Gasteiger partial charge in [-0.3, -0.25) is 4.79 Å². The van der Waals surface area contributed by atoms with Crippen molar-refractivity contribution in [2.45, 2.75) is 11.1 Å². The van der Waals surface area contributed by atoms with Gasteiger partial charge in [-0.05, 0) is 24.3 Å². The topological polar surface area (TPSA) is 114 Å². The summed E-state index contributed by atoms with van der Waals surface area (Å²) >= 11 is 5.67. The Kier molecular flexibility index (Phi) is 7.61. The molecule has 0 spiro atoms. The Bertz CT molecular complexity index is 1150. The standard InChI is InChI=1S/C18H13ClF3N3O5S/c1-2-6-24-31(28,29)13-5-3-4-11(7-13)17(27)30-10-15(26)25-16-14(19)8-12(9-23-16)18(20,21)22/h1,3-5,7-9,24H,6,10H2,(H,23,25,26). The van der Waals surface area contributed by atoms with E-state index in [1.165, 1.54) is 18.2 Å². The van der Waals surface area contributed by atoms with Crippen LogP contribution in [0.5, 0.6) is 0 Å². The lowest BCUT2D eigenvalue weighted by atomic mass is 10.2. The number of amides is 1. The van der Waals surface area contributed by atoms with Crippen LogP contribution in [0.2, 0.25) is 5.02 Å². The van der Waals surface area contributed by atoms with Crippen LogP contribution in [0.25, 0.3) is 0 Å². The average Bonchev–Trinajstić information content (AvgIpc) is 2.71. The predicted octanol–water partition coefficient (Wildman–Crippen LogP) is 2.46. The van der Waals surface area contributed by atoms with E-state index < -0.39 is 45.3 Å². The molecule has 0 saturated carbocycles. The number of carbonyl (C=O) groups is 2. The van der Waals surface area contributed by atoms with Crippen molar-refractivity contribution in [3.63, 3.8) is 0 Å². The van der Waals surface area contributed by atoms with Crippen LogP contribution in [0, 0.1) is 12.3 Å². The maximum Gasteiger partial charge on any atom is 0.417 e. The second-order valence-corrected chi connectivity index (χ2v) is 7.91. The molecule has 1 aromatic heterocycles. The molecule has 8 nitrogen and oxygen atoms in total. The van der Waals surface area contributed by atoms with Crippen molar-refractivity contribution in [2.24, 2.45) is 0 Å². The summed E-state index contributed by atoms with van der Waals surface area (Å²) in [6, 6.07) is 5.37. The average molecular weight is 476 g/mol. The highest BCUT2D eigenvalue weighted by atomic mass is 35.5. The minimum atomic E-state index is -4.66. The molecule has 0 fully saturated rings. The maximum absolute atomic E-state index is 12.6. The van der Waals surface area contributed by atoms with E-state index in [9.17, 15) is 31.2 Å². The third kappa shape index (κ3) is 6.68. The molecule has 2 aromatic rings. The largest absolute Gasteiger partial charge is 0.452 e. The highest BCUT2D eigenvalue weighted by Gasteiger charge is 2.31. The number of anilines is 1. The lowest BCUT2D eigenvalue weighted by molar-refractivity contribution is -0.137. The van der Waals surface area contributed by atoms with Crippen LogP contribution in [0.4, 0.5) is 19.0 Å². The highest BCUT2D eigenvalue weighted by Crippen LogP contribution is 2.32. The Morgan fingerprint density at radius 3 is 2.58 bits per heavy atom. The smallest absolute Gasteiger partial charge is 0.417 e. The normalized spacial score (nSPS) is 11.5. The molecule has 1 aromatic carbocycles. The summed E-state index contributed by atoms with van der Waals surface area (Å²) in [5.74, 6) is -0.203. The number of benzene rings is 1. The number of terminal acetylenes is 1. The van der Waals surface area contributed by atoms with E-state index >= 15 is 0 Å². The molecule has 164 valence electrons. The van der Waals surface area contributed by atoms with Crippen molar-refractivity contribution < 1.29 is 35.9 Å². The van der Waals surface area contributed by atoms with Crippen LogP contribution in [0.3, 0.4) is 0 Å². The van der Waals surface area contributed by atoms with E-state index in [-0.39, 0.29) is 22.8 Å². The molecule has 0 atom stereocenters. The third-order valence-electron chi connectivity index (χ3n) is 3.50. The first-order chi connectivity index (χ1) is 14.4. The quantitative estimate of drug-likeness (QED) is 0.469. The van der Waals surface area contributed by atoms with E-state index in [0.29, 0.717) is 12.3 Å². The number of pyridine rings is 1. The first kappa shape index (κ1) is 24.1. The molecule has 31 heavy (non-hydrogen) atoms. The molecule has 0 aliphatic carbocycles. The van der Waals surface area contributed by atoms with E-state index in [2.05, 4.69) is 20.9 Å². The number of ether oxygens (including phenoxy) is 1. The minimum Gasteiger partial charge on any atom is -0.452 e. The van der Waals surface area contributed by atoms with Gasteiger partial charge in [-0.2, -0.15) is 17.9 Å². The molecule has 0 saturated heterocycles. The van der Waals surface area contributed by atoms with Gasteiger partial charge in [-0.15, -0.1) is 6.42 Å². The zero-order valence-corrected chi connectivity index (χ0v) is 16.9. The Labute approximate surface area is 179 Å². The number of esters is 1. The van der Waals surface area contributed by atoms with Gasteiger partial charge < -0.3 is 10.1 Å². The molecule has 2 rings (SSSR count). The van der Waals surface area contributed by atoms with Crippen LogP contribution in [-0.2, 0) is 25.7 Å². The van der Waals surface area contributed by atoms with Crippen LogP contribution in [0.1, 0.15) is 15.9 Å². The van der Waals surface area contributed by atoms with Gasteiger partial charge >= 0.3 is 12.1 Å². The van der Waals surface area contributed by atoms with Gasteiger partial charge in [0.2, 0.25) is 10.0 Å². The fourth-order valence-electron chi connectivity index (χ4n) is 2.08. The zero-order chi connectivity index (χ0) is 23.2. The number of hydrogen-bond donors (Lipinski definition) is 2. The molecule has 13 heteroatoms. The number of aromatic nitrogens is 1. The number of alkyl halides is 3. The molecule has 1 amide bonds. The molecule has 0 aliphatic heterocycles. The van der Waals surface area contributed by atoms with Gasteiger partial charge in [0, 0.05) is 6.20 Å². The summed E-state index contributed by atoms with van der Waals surface area (Å²) in [6.07, 6.45) is 0.819. The minimum absolute atomic E-state index is 0.165. The number of sulfonamides is 1. The Morgan fingerprint density at radius 2 is 1.97 bits per heavy atom. The molecule has 0 radical (unpaired) electrons. The van der Waals surface area contributed by atoms with E-state index in [0.717, 1.165) is 6.07 Å². The molecule has 0 unspecified atom stereocenters. The first-order valence-electron chi connectivity index (χ1n) is 8.17. The SMILES string of the molecule is C#CCNS(=O)(=O)c1cccc(C(=O)OCC(=O)Nc2ncc(C(F)(F)F)cc2Cl)c1. The fourth-order valence-corrected chi connectivity index (χ4v) is 3.27. The summed E-state index contributed by atoms with van der Waals surface area (Å²) in [5.41, 5.74) is -1.27. The number of rotatable bonds is 7. The van der Waals surface area contributed by atoms with E-state index in [4.69, 9.17) is 22.8 Å². The van der Waals surface area contributed by atoms with Crippen LogP contribution in [0.15, 0.2) is 41.4 Å². The Morgan fingerprint density at radius 1 is 1.26 bits per heavy atom. The summed E-state index contributed by atoms with van der Waals surface area (Å²) < 4.78 is 68.8. The van der Waals surface area contributed by atoms with E-state index in [1.807, 2.05) is 0 Å². The molecule has 0 bridgehead atoms. The third-order valence-corrected chi connectivity index (χ3v) is 5.19. The second-order valence-electron chi connectivity index (χ2n) is 5.73. The van der Waals surface area contributed by atoms with Gasteiger partial charge in [0.05, 0.1) is 27.6 Å².